The van der Waals surface area contributed by atoms with Gasteiger partial charge >= 0.3 is 0 Å². The van der Waals surface area contributed by atoms with E-state index in [0.717, 1.165) is 21.7 Å². The number of anilines is 2. The number of nitrogens with zero attached hydrogens (tertiary/aromatic N) is 1. The number of amides is 1. The van der Waals surface area contributed by atoms with Gasteiger partial charge in [0.05, 0.1) is 11.9 Å². The lowest BCUT2D eigenvalue weighted by Gasteiger charge is -2.28. The summed E-state index contributed by atoms with van der Waals surface area (Å²) in [6.45, 7) is 5.31. The van der Waals surface area contributed by atoms with Crippen molar-refractivity contribution < 1.29 is 17.6 Å². The summed E-state index contributed by atoms with van der Waals surface area (Å²) >= 11 is 0. The lowest BCUT2D eigenvalue weighted by atomic mass is 10.1. The zero-order valence-electron chi connectivity index (χ0n) is 14.6. The molecule has 25 heavy (non-hydrogen) atoms. The quantitative estimate of drug-likeness (QED) is 0.886. The van der Waals surface area contributed by atoms with Crippen molar-refractivity contribution in [3.8, 4) is 0 Å². The second kappa shape index (κ2) is 7.23. The first kappa shape index (κ1) is 18.9. The molecule has 0 aliphatic heterocycles. The average Bonchev–Trinajstić information content (AvgIpc) is 2.51. The van der Waals surface area contributed by atoms with Crippen molar-refractivity contribution in [3.05, 3.63) is 59.4 Å². The maximum Gasteiger partial charge on any atom is 0.247 e. The molecule has 1 amide bonds. The average molecular weight is 364 g/mol. The van der Waals surface area contributed by atoms with E-state index < -0.39 is 27.8 Å². The molecule has 5 nitrogen and oxygen atoms in total. The fraction of sp³-hybridized carbons (Fsp3) is 0.278. The highest BCUT2D eigenvalue weighted by Crippen LogP contribution is 2.24. The number of aryl methyl sites for hydroxylation is 2. The molecule has 134 valence electrons. The van der Waals surface area contributed by atoms with Crippen LogP contribution in [0.1, 0.15) is 18.1 Å². The molecule has 1 atom stereocenters. The van der Waals surface area contributed by atoms with Gasteiger partial charge in [0.1, 0.15) is 11.9 Å². The molecule has 0 aromatic heterocycles. The highest BCUT2D eigenvalue weighted by molar-refractivity contribution is 7.92. The van der Waals surface area contributed by atoms with Crippen molar-refractivity contribution in [1.29, 1.82) is 0 Å². The molecule has 0 spiro atoms. The minimum absolute atomic E-state index is 0.395. The van der Waals surface area contributed by atoms with E-state index in [9.17, 15) is 17.6 Å². The lowest BCUT2D eigenvalue weighted by Crippen LogP contribution is -2.45. The second-order valence-electron chi connectivity index (χ2n) is 6.00. The Morgan fingerprint density at radius 1 is 1.08 bits per heavy atom. The zero-order chi connectivity index (χ0) is 18.8. The molecule has 2 aromatic rings. The van der Waals surface area contributed by atoms with E-state index in [1.807, 2.05) is 19.9 Å². The van der Waals surface area contributed by atoms with Gasteiger partial charge in [0.2, 0.25) is 15.9 Å². The molecule has 7 heteroatoms. The fourth-order valence-electron chi connectivity index (χ4n) is 2.45. The Kier molecular flexibility index (Phi) is 5.47. The van der Waals surface area contributed by atoms with Crippen molar-refractivity contribution in [2.24, 2.45) is 0 Å². The van der Waals surface area contributed by atoms with Crippen molar-refractivity contribution in [2.45, 2.75) is 26.8 Å². The summed E-state index contributed by atoms with van der Waals surface area (Å²) in [5.41, 5.74) is 2.78. The highest BCUT2D eigenvalue weighted by Gasteiger charge is 2.29. The van der Waals surface area contributed by atoms with Gasteiger partial charge in [0.25, 0.3) is 0 Å². The molecular weight excluding hydrogens is 343 g/mol. The number of halogens is 1. The summed E-state index contributed by atoms with van der Waals surface area (Å²) in [5, 5.41) is 2.61. The van der Waals surface area contributed by atoms with E-state index in [0.29, 0.717) is 11.4 Å². The van der Waals surface area contributed by atoms with Crippen molar-refractivity contribution >= 4 is 27.3 Å². The number of sulfonamides is 1. The number of carbonyl (C=O) groups excluding carboxylic acids is 1. The molecule has 0 heterocycles. The SMILES string of the molecule is Cc1ccc(N([C@H](C)C(=O)Nc2ccc(F)cc2)S(C)(=O)=O)cc1C. The van der Waals surface area contributed by atoms with Crippen LogP contribution in [0, 0.1) is 19.7 Å². The molecule has 0 radical (unpaired) electrons. The molecule has 0 saturated carbocycles. The third kappa shape index (κ3) is 4.57. The van der Waals surface area contributed by atoms with Crippen LogP contribution in [-0.4, -0.2) is 26.6 Å². The maximum atomic E-state index is 13.0. The van der Waals surface area contributed by atoms with Gasteiger partial charge in [-0.3, -0.25) is 9.10 Å². The van der Waals surface area contributed by atoms with Crippen LogP contribution in [0.2, 0.25) is 0 Å². The van der Waals surface area contributed by atoms with E-state index in [2.05, 4.69) is 5.32 Å². The molecule has 1 N–H and O–H groups in total. The predicted octanol–water partition coefficient (Wildman–Crippen LogP) is 3.24. The van der Waals surface area contributed by atoms with Gasteiger partial charge in [-0.05, 0) is 68.3 Å². The van der Waals surface area contributed by atoms with Gasteiger partial charge in [0, 0.05) is 5.69 Å². The molecule has 2 rings (SSSR count). The summed E-state index contributed by atoms with van der Waals surface area (Å²) in [6, 6.07) is 9.52. The fourth-order valence-corrected chi connectivity index (χ4v) is 3.62. The van der Waals surface area contributed by atoms with E-state index in [1.165, 1.54) is 31.2 Å². The standard InChI is InChI=1S/C18H21FN2O3S/c1-12-5-10-17(11-13(12)2)21(25(4,23)24)14(3)18(22)20-16-8-6-15(19)7-9-16/h5-11,14H,1-4H3,(H,20,22)/t14-/m1/s1. The molecular formula is C18H21FN2O3S. The van der Waals surface area contributed by atoms with Gasteiger partial charge in [-0.15, -0.1) is 0 Å². The van der Waals surface area contributed by atoms with Crippen LogP contribution >= 0.6 is 0 Å². The number of benzene rings is 2. The zero-order valence-corrected chi connectivity index (χ0v) is 15.4. The first-order chi connectivity index (χ1) is 11.6. The molecule has 0 bridgehead atoms. The van der Waals surface area contributed by atoms with Gasteiger partial charge in [-0.1, -0.05) is 6.07 Å². The number of carbonyl (C=O) groups is 1. The van der Waals surface area contributed by atoms with E-state index in [1.54, 1.807) is 12.1 Å². The molecule has 0 aliphatic carbocycles. The Morgan fingerprint density at radius 2 is 1.68 bits per heavy atom. The van der Waals surface area contributed by atoms with Crippen LogP contribution in [0.15, 0.2) is 42.5 Å². The number of nitrogens with one attached hydrogen (secondary N) is 1. The molecule has 2 aromatic carbocycles. The Morgan fingerprint density at radius 3 is 2.20 bits per heavy atom. The Labute approximate surface area is 147 Å². The Hall–Kier alpha value is -2.41. The largest absolute Gasteiger partial charge is 0.324 e. The summed E-state index contributed by atoms with van der Waals surface area (Å²) in [7, 11) is -3.68. The van der Waals surface area contributed by atoms with Crippen LogP contribution in [0.25, 0.3) is 0 Å². The molecule has 0 aliphatic rings. The molecule has 0 fully saturated rings. The summed E-state index contributed by atoms with van der Waals surface area (Å²) in [4.78, 5) is 12.5. The van der Waals surface area contributed by atoms with Gasteiger partial charge in [-0.25, -0.2) is 12.8 Å². The maximum absolute atomic E-state index is 13.0. The van der Waals surface area contributed by atoms with Crippen molar-refractivity contribution in [2.75, 3.05) is 15.9 Å². The summed E-state index contributed by atoms with van der Waals surface area (Å²) in [5.74, 6) is -0.922. The van der Waals surface area contributed by atoms with Crippen LogP contribution in [0.5, 0.6) is 0 Å². The van der Waals surface area contributed by atoms with Gasteiger partial charge < -0.3 is 5.32 Å². The smallest absolute Gasteiger partial charge is 0.247 e. The van der Waals surface area contributed by atoms with Crippen LogP contribution in [0.3, 0.4) is 0 Å². The van der Waals surface area contributed by atoms with Crippen LogP contribution < -0.4 is 9.62 Å². The highest BCUT2D eigenvalue weighted by atomic mass is 32.2. The lowest BCUT2D eigenvalue weighted by molar-refractivity contribution is -0.116. The number of rotatable bonds is 5. The Balaban J connectivity index is 2.32. The van der Waals surface area contributed by atoms with E-state index >= 15 is 0 Å². The number of hydrogen-bond acceptors (Lipinski definition) is 3. The topological polar surface area (TPSA) is 66.5 Å². The van der Waals surface area contributed by atoms with Gasteiger partial charge in [-0.2, -0.15) is 0 Å². The van der Waals surface area contributed by atoms with Gasteiger partial charge in [0.15, 0.2) is 0 Å². The van der Waals surface area contributed by atoms with E-state index in [-0.39, 0.29) is 0 Å². The minimum Gasteiger partial charge on any atom is -0.324 e. The third-order valence-electron chi connectivity index (χ3n) is 3.95. The first-order valence-corrected chi connectivity index (χ1v) is 9.57. The van der Waals surface area contributed by atoms with Crippen LogP contribution in [0.4, 0.5) is 15.8 Å². The van der Waals surface area contributed by atoms with Crippen LogP contribution in [-0.2, 0) is 14.8 Å². The molecule has 0 unspecified atom stereocenters. The van der Waals surface area contributed by atoms with E-state index in [4.69, 9.17) is 0 Å². The van der Waals surface area contributed by atoms with Crippen molar-refractivity contribution in [1.82, 2.24) is 0 Å². The monoisotopic (exact) mass is 364 g/mol. The number of hydrogen-bond donors (Lipinski definition) is 1. The Bertz CT molecular complexity index is 880. The van der Waals surface area contributed by atoms with Crippen molar-refractivity contribution in [3.63, 3.8) is 0 Å². The minimum atomic E-state index is -3.68. The molecule has 0 saturated heterocycles. The normalized spacial score (nSPS) is 12.5. The second-order valence-corrected chi connectivity index (χ2v) is 7.86. The first-order valence-electron chi connectivity index (χ1n) is 7.72. The third-order valence-corrected chi connectivity index (χ3v) is 5.19. The predicted molar refractivity (Wildman–Crippen MR) is 97.7 cm³/mol. The summed E-state index contributed by atoms with van der Waals surface area (Å²) in [6.07, 6.45) is 1.06. The summed E-state index contributed by atoms with van der Waals surface area (Å²) < 4.78 is 38.6.